The van der Waals surface area contributed by atoms with Crippen molar-refractivity contribution in [2.75, 3.05) is 18.0 Å². The Morgan fingerprint density at radius 2 is 1.95 bits per heavy atom. The van der Waals surface area contributed by atoms with Gasteiger partial charge in [-0.3, -0.25) is 10.1 Å². The number of nitro groups is 1. The molecule has 0 aromatic carbocycles. The van der Waals surface area contributed by atoms with Gasteiger partial charge in [-0.1, -0.05) is 12.8 Å². The van der Waals surface area contributed by atoms with Crippen molar-refractivity contribution in [3.63, 3.8) is 0 Å². The molecule has 0 atom stereocenters. The van der Waals surface area contributed by atoms with Crippen LogP contribution in [0.25, 0.3) is 0 Å². The molecule has 2 heterocycles. The zero-order valence-corrected chi connectivity index (χ0v) is 10.4. The quantitative estimate of drug-likeness (QED) is 0.663. The van der Waals surface area contributed by atoms with E-state index in [-0.39, 0.29) is 5.56 Å². The van der Waals surface area contributed by atoms with E-state index in [4.69, 9.17) is 5.11 Å². The summed E-state index contributed by atoms with van der Waals surface area (Å²) in [5.41, 5.74) is -0.773. The predicted molar refractivity (Wildman–Crippen MR) is 68.5 cm³/mol. The first-order valence-corrected chi connectivity index (χ1v) is 6.22. The average Bonchev–Trinajstić information content (AvgIpc) is 2.66. The van der Waals surface area contributed by atoms with E-state index in [0.29, 0.717) is 5.82 Å². The molecule has 1 aromatic heterocycles. The Morgan fingerprint density at radius 1 is 1.32 bits per heavy atom. The number of hydrogen-bond donors (Lipinski definition) is 1. The van der Waals surface area contributed by atoms with Gasteiger partial charge in [0.2, 0.25) is 0 Å². The molecule has 0 unspecified atom stereocenters. The Labute approximate surface area is 110 Å². The SMILES string of the molecule is O=C(O)c1cc(N2CCCCCC2)ncc1[N+](=O)[O-]. The molecule has 1 fully saturated rings. The zero-order chi connectivity index (χ0) is 13.8. The van der Waals surface area contributed by atoms with E-state index >= 15 is 0 Å². The molecule has 1 aliphatic heterocycles. The van der Waals surface area contributed by atoms with Crippen molar-refractivity contribution in [1.29, 1.82) is 0 Å². The summed E-state index contributed by atoms with van der Waals surface area (Å²) in [4.78, 5) is 27.1. The largest absolute Gasteiger partial charge is 0.477 e. The van der Waals surface area contributed by atoms with Crippen molar-refractivity contribution in [3.05, 3.63) is 27.9 Å². The number of hydrogen-bond acceptors (Lipinski definition) is 5. The fraction of sp³-hybridized carbons (Fsp3) is 0.500. The lowest BCUT2D eigenvalue weighted by atomic mass is 10.2. The molecule has 0 amide bonds. The number of rotatable bonds is 3. The summed E-state index contributed by atoms with van der Waals surface area (Å²) in [6, 6.07) is 1.30. The summed E-state index contributed by atoms with van der Waals surface area (Å²) in [5, 5.41) is 19.8. The number of carboxylic acid groups (broad SMARTS) is 1. The van der Waals surface area contributed by atoms with Crippen molar-refractivity contribution in [2.45, 2.75) is 25.7 Å². The molecule has 0 saturated carbocycles. The lowest BCUT2D eigenvalue weighted by Crippen LogP contribution is -2.25. The zero-order valence-electron chi connectivity index (χ0n) is 10.4. The summed E-state index contributed by atoms with van der Waals surface area (Å²) in [6.07, 6.45) is 5.39. The van der Waals surface area contributed by atoms with Gasteiger partial charge in [0, 0.05) is 19.2 Å². The molecule has 1 saturated heterocycles. The van der Waals surface area contributed by atoms with Crippen LogP contribution in [0.1, 0.15) is 36.0 Å². The highest BCUT2D eigenvalue weighted by atomic mass is 16.6. The number of pyridine rings is 1. The van der Waals surface area contributed by atoms with Crippen LogP contribution in [0, 0.1) is 10.1 Å². The van der Waals surface area contributed by atoms with Gasteiger partial charge in [-0.15, -0.1) is 0 Å². The number of carboxylic acids is 1. The Kier molecular flexibility index (Phi) is 3.94. The first-order valence-electron chi connectivity index (χ1n) is 6.22. The third kappa shape index (κ3) is 2.98. The monoisotopic (exact) mass is 265 g/mol. The second kappa shape index (κ2) is 5.64. The minimum atomic E-state index is -1.30. The summed E-state index contributed by atoms with van der Waals surface area (Å²) < 4.78 is 0. The molecule has 1 N–H and O–H groups in total. The van der Waals surface area contributed by atoms with E-state index in [1.807, 2.05) is 4.90 Å². The molecule has 1 aliphatic rings. The summed E-state index contributed by atoms with van der Waals surface area (Å²) in [5.74, 6) is -0.796. The minimum Gasteiger partial charge on any atom is -0.477 e. The van der Waals surface area contributed by atoms with Crippen LogP contribution < -0.4 is 4.90 Å². The standard InChI is InChI=1S/C12H15N3O4/c16-12(17)9-7-11(13-8-10(9)15(18)19)14-5-3-1-2-4-6-14/h7-8H,1-6H2,(H,16,17). The van der Waals surface area contributed by atoms with Crippen LogP contribution >= 0.6 is 0 Å². The normalized spacial score (nSPS) is 15.9. The third-order valence-electron chi connectivity index (χ3n) is 3.23. The highest BCUT2D eigenvalue weighted by Gasteiger charge is 2.23. The van der Waals surface area contributed by atoms with Gasteiger partial charge >= 0.3 is 11.7 Å². The van der Waals surface area contributed by atoms with Crippen LogP contribution in [0.2, 0.25) is 0 Å². The summed E-state index contributed by atoms with van der Waals surface area (Å²) in [6.45, 7) is 1.62. The first kappa shape index (κ1) is 13.3. The highest BCUT2D eigenvalue weighted by Crippen LogP contribution is 2.24. The van der Waals surface area contributed by atoms with Crippen molar-refractivity contribution in [2.24, 2.45) is 0 Å². The Hall–Kier alpha value is -2.18. The molecule has 0 aliphatic carbocycles. The van der Waals surface area contributed by atoms with E-state index in [0.717, 1.165) is 45.0 Å². The molecular weight excluding hydrogens is 250 g/mol. The molecular formula is C12H15N3O4. The number of anilines is 1. The van der Waals surface area contributed by atoms with Gasteiger partial charge in [-0.2, -0.15) is 0 Å². The second-order valence-electron chi connectivity index (χ2n) is 4.52. The minimum absolute atomic E-state index is 0.306. The van der Waals surface area contributed by atoms with Crippen molar-refractivity contribution >= 4 is 17.5 Å². The van der Waals surface area contributed by atoms with Gasteiger partial charge in [0.25, 0.3) is 0 Å². The molecule has 102 valence electrons. The van der Waals surface area contributed by atoms with Gasteiger partial charge < -0.3 is 10.0 Å². The van der Waals surface area contributed by atoms with Crippen LogP contribution in [-0.2, 0) is 0 Å². The maximum absolute atomic E-state index is 11.1. The maximum atomic E-state index is 11.1. The molecule has 19 heavy (non-hydrogen) atoms. The molecule has 0 radical (unpaired) electrons. The van der Waals surface area contributed by atoms with Crippen LogP contribution in [0.3, 0.4) is 0 Å². The van der Waals surface area contributed by atoms with E-state index in [1.165, 1.54) is 6.07 Å². The van der Waals surface area contributed by atoms with Crippen molar-refractivity contribution < 1.29 is 14.8 Å². The van der Waals surface area contributed by atoms with Gasteiger partial charge in [0.1, 0.15) is 17.6 Å². The number of aromatic nitrogens is 1. The smallest absolute Gasteiger partial charge is 0.342 e. The molecule has 0 spiro atoms. The molecule has 2 rings (SSSR count). The van der Waals surface area contributed by atoms with E-state index in [9.17, 15) is 14.9 Å². The Morgan fingerprint density at radius 3 is 2.47 bits per heavy atom. The van der Waals surface area contributed by atoms with Gasteiger partial charge in [0.15, 0.2) is 0 Å². The summed E-state index contributed by atoms with van der Waals surface area (Å²) >= 11 is 0. The highest BCUT2D eigenvalue weighted by molar-refractivity contribution is 5.93. The van der Waals surface area contributed by atoms with Gasteiger partial charge in [-0.25, -0.2) is 9.78 Å². The lowest BCUT2D eigenvalue weighted by molar-refractivity contribution is -0.385. The van der Waals surface area contributed by atoms with Crippen molar-refractivity contribution in [3.8, 4) is 0 Å². The lowest BCUT2D eigenvalue weighted by Gasteiger charge is -2.21. The number of nitrogens with zero attached hydrogens (tertiary/aromatic N) is 3. The van der Waals surface area contributed by atoms with Gasteiger partial charge in [-0.05, 0) is 12.8 Å². The van der Waals surface area contributed by atoms with Crippen LogP contribution in [0.15, 0.2) is 12.3 Å². The molecule has 0 bridgehead atoms. The van der Waals surface area contributed by atoms with Crippen LogP contribution in [0.4, 0.5) is 11.5 Å². The number of carbonyl (C=O) groups is 1. The van der Waals surface area contributed by atoms with E-state index < -0.39 is 16.6 Å². The predicted octanol–water partition coefficient (Wildman–Crippen LogP) is 2.07. The first-order chi connectivity index (χ1) is 9.09. The van der Waals surface area contributed by atoms with Crippen molar-refractivity contribution in [1.82, 2.24) is 4.98 Å². The third-order valence-corrected chi connectivity index (χ3v) is 3.23. The molecule has 7 nitrogen and oxygen atoms in total. The van der Waals surface area contributed by atoms with Crippen LogP contribution in [-0.4, -0.2) is 34.1 Å². The Balaban J connectivity index is 2.34. The summed E-state index contributed by atoms with van der Waals surface area (Å²) in [7, 11) is 0. The van der Waals surface area contributed by atoms with Crippen LogP contribution in [0.5, 0.6) is 0 Å². The van der Waals surface area contributed by atoms with E-state index in [1.54, 1.807) is 0 Å². The van der Waals surface area contributed by atoms with Gasteiger partial charge in [0.05, 0.1) is 4.92 Å². The topological polar surface area (TPSA) is 96.6 Å². The maximum Gasteiger partial charge on any atom is 0.342 e. The average molecular weight is 265 g/mol. The second-order valence-corrected chi connectivity index (χ2v) is 4.52. The molecule has 7 heteroatoms. The number of aromatic carboxylic acids is 1. The van der Waals surface area contributed by atoms with E-state index in [2.05, 4.69) is 4.98 Å². The Bertz CT molecular complexity index is 496. The molecule has 1 aromatic rings. The fourth-order valence-corrected chi connectivity index (χ4v) is 2.23. The fourth-order valence-electron chi connectivity index (χ4n) is 2.23.